The molecule has 0 radical (unpaired) electrons. The normalized spacial score (nSPS) is 10.3. The minimum atomic E-state index is 0.262. The summed E-state index contributed by atoms with van der Waals surface area (Å²) < 4.78 is 3.47. The molecular formula is C16H16N6O. The molecule has 0 aliphatic carbocycles. The molecule has 0 fully saturated rings. The zero-order chi connectivity index (χ0) is 16.1. The highest BCUT2D eigenvalue weighted by Crippen LogP contribution is 2.13. The SMILES string of the molecule is Cn1cccn1.Oc1ccc(Cc2nnc3cccnn23)cc1. The van der Waals surface area contributed by atoms with Crippen LogP contribution in [0.3, 0.4) is 0 Å². The van der Waals surface area contributed by atoms with Crippen molar-refractivity contribution in [3.05, 3.63) is 72.4 Å². The van der Waals surface area contributed by atoms with E-state index in [4.69, 9.17) is 0 Å². The number of phenols is 1. The summed E-state index contributed by atoms with van der Waals surface area (Å²) in [6, 6.07) is 12.6. The van der Waals surface area contributed by atoms with Crippen molar-refractivity contribution in [3.8, 4) is 5.75 Å². The van der Waals surface area contributed by atoms with E-state index in [1.54, 1.807) is 33.7 Å². The first-order valence-electron chi connectivity index (χ1n) is 7.09. The number of aromatic nitrogens is 6. The van der Waals surface area contributed by atoms with Crippen LogP contribution in [0.15, 0.2) is 61.1 Å². The molecule has 23 heavy (non-hydrogen) atoms. The van der Waals surface area contributed by atoms with Gasteiger partial charge in [0.1, 0.15) is 5.75 Å². The molecule has 0 bridgehead atoms. The second-order valence-electron chi connectivity index (χ2n) is 4.93. The third-order valence-corrected chi connectivity index (χ3v) is 3.18. The highest BCUT2D eigenvalue weighted by atomic mass is 16.3. The third kappa shape index (κ3) is 3.70. The van der Waals surface area contributed by atoms with Crippen LogP contribution in [0.2, 0.25) is 0 Å². The molecule has 0 saturated carbocycles. The minimum absolute atomic E-state index is 0.262. The number of aryl methyl sites for hydroxylation is 1. The van der Waals surface area contributed by atoms with Crippen LogP contribution >= 0.6 is 0 Å². The van der Waals surface area contributed by atoms with E-state index >= 15 is 0 Å². The van der Waals surface area contributed by atoms with Crippen LogP contribution in [0.1, 0.15) is 11.4 Å². The van der Waals surface area contributed by atoms with Crippen LogP contribution in [-0.4, -0.2) is 34.7 Å². The predicted molar refractivity (Wildman–Crippen MR) is 84.9 cm³/mol. The number of rotatable bonds is 2. The molecule has 7 heteroatoms. The van der Waals surface area contributed by atoms with Crippen LogP contribution in [-0.2, 0) is 13.5 Å². The molecule has 0 saturated heterocycles. The maximum absolute atomic E-state index is 9.21. The Kier molecular flexibility index (Phi) is 4.28. The fourth-order valence-corrected chi connectivity index (χ4v) is 2.04. The minimum Gasteiger partial charge on any atom is -0.508 e. The van der Waals surface area contributed by atoms with Crippen molar-refractivity contribution in [2.24, 2.45) is 7.05 Å². The first-order chi connectivity index (χ1) is 11.2. The molecule has 0 unspecified atom stereocenters. The molecule has 7 nitrogen and oxygen atoms in total. The molecule has 4 rings (SSSR count). The Balaban J connectivity index is 0.000000220. The quantitative estimate of drug-likeness (QED) is 0.611. The Hall–Kier alpha value is -3.22. The van der Waals surface area contributed by atoms with Crippen molar-refractivity contribution in [2.75, 3.05) is 0 Å². The van der Waals surface area contributed by atoms with Crippen LogP contribution in [0.5, 0.6) is 5.75 Å². The van der Waals surface area contributed by atoms with Crippen molar-refractivity contribution in [1.29, 1.82) is 0 Å². The number of hydrogen-bond acceptors (Lipinski definition) is 5. The average Bonchev–Trinajstić information content (AvgIpc) is 3.20. The standard InChI is InChI=1S/C12H10N4O.C4H6N2/c17-10-5-3-9(4-6-10)8-12-15-14-11-2-1-7-13-16(11)12;1-6-4-2-3-5-6/h1-7,17H,8H2;2-4H,1H3. The Morgan fingerprint density at radius 2 is 1.74 bits per heavy atom. The van der Waals surface area contributed by atoms with E-state index in [1.807, 2.05) is 43.6 Å². The van der Waals surface area contributed by atoms with Gasteiger partial charge >= 0.3 is 0 Å². The Morgan fingerprint density at radius 1 is 0.957 bits per heavy atom. The monoisotopic (exact) mass is 308 g/mol. The van der Waals surface area contributed by atoms with Crippen molar-refractivity contribution < 1.29 is 5.11 Å². The van der Waals surface area contributed by atoms with Gasteiger partial charge in [-0.05, 0) is 35.9 Å². The average molecular weight is 308 g/mol. The summed E-state index contributed by atoms with van der Waals surface area (Å²) in [5, 5.41) is 25.4. The summed E-state index contributed by atoms with van der Waals surface area (Å²) in [7, 11) is 1.89. The summed E-state index contributed by atoms with van der Waals surface area (Å²) in [5.41, 5.74) is 1.80. The molecule has 1 N–H and O–H groups in total. The fourth-order valence-electron chi connectivity index (χ4n) is 2.04. The van der Waals surface area contributed by atoms with E-state index in [9.17, 15) is 5.11 Å². The molecule has 3 aromatic heterocycles. The zero-order valence-corrected chi connectivity index (χ0v) is 12.6. The molecule has 0 aliphatic rings. The maximum atomic E-state index is 9.21. The van der Waals surface area contributed by atoms with Gasteiger partial charge in [-0.25, -0.2) is 0 Å². The van der Waals surface area contributed by atoms with Gasteiger partial charge in [0.05, 0.1) is 0 Å². The van der Waals surface area contributed by atoms with Gasteiger partial charge in [-0.15, -0.1) is 10.2 Å². The Labute approximate surface area is 132 Å². The van der Waals surface area contributed by atoms with E-state index in [-0.39, 0.29) is 5.75 Å². The van der Waals surface area contributed by atoms with Gasteiger partial charge in [-0.1, -0.05) is 12.1 Å². The Morgan fingerprint density at radius 3 is 2.39 bits per heavy atom. The van der Waals surface area contributed by atoms with Gasteiger partial charge in [-0.2, -0.15) is 14.7 Å². The number of fused-ring (bicyclic) bond motifs is 1. The van der Waals surface area contributed by atoms with Gasteiger partial charge in [0.25, 0.3) is 0 Å². The van der Waals surface area contributed by atoms with E-state index in [1.165, 1.54) is 0 Å². The molecule has 0 aliphatic heterocycles. The summed E-state index contributed by atoms with van der Waals surface area (Å²) in [5.74, 6) is 1.05. The summed E-state index contributed by atoms with van der Waals surface area (Å²) in [6.07, 6.45) is 5.98. The largest absolute Gasteiger partial charge is 0.508 e. The summed E-state index contributed by atoms with van der Waals surface area (Å²) in [6.45, 7) is 0. The summed E-state index contributed by atoms with van der Waals surface area (Å²) in [4.78, 5) is 0. The lowest BCUT2D eigenvalue weighted by molar-refractivity contribution is 0.475. The van der Waals surface area contributed by atoms with Gasteiger partial charge in [0.15, 0.2) is 11.5 Å². The number of benzene rings is 1. The molecule has 0 amide bonds. The van der Waals surface area contributed by atoms with Crippen molar-refractivity contribution in [3.63, 3.8) is 0 Å². The van der Waals surface area contributed by atoms with E-state index in [2.05, 4.69) is 20.4 Å². The van der Waals surface area contributed by atoms with E-state index in [0.717, 1.165) is 17.0 Å². The highest BCUT2D eigenvalue weighted by Gasteiger charge is 2.06. The highest BCUT2D eigenvalue weighted by molar-refractivity contribution is 5.36. The number of hydrogen-bond donors (Lipinski definition) is 1. The van der Waals surface area contributed by atoms with Gasteiger partial charge in [0.2, 0.25) is 0 Å². The van der Waals surface area contributed by atoms with Crippen LogP contribution < -0.4 is 0 Å². The lowest BCUT2D eigenvalue weighted by Gasteiger charge is -1.99. The number of aromatic hydroxyl groups is 1. The second kappa shape index (κ2) is 6.69. The lowest BCUT2D eigenvalue weighted by Crippen LogP contribution is -1.99. The molecule has 0 atom stereocenters. The first-order valence-corrected chi connectivity index (χ1v) is 7.09. The molecule has 4 aromatic rings. The third-order valence-electron chi connectivity index (χ3n) is 3.18. The topological polar surface area (TPSA) is 81.1 Å². The van der Waals surface area contributed by atoms with Crippen LogP contribution in [0, 0.1) is 0 Å². The number of phenolic OH excluding ortho intramolecular Hbond substituents is 1. The molecule has 3 heterocycles. The van der Waals surface area contributed by atoms with Gasteiger partial charge in [-0.3, -0.25) is 4.68 Å². The van der Waals surface area contributed by atoms with Gasteiger partial charge in [0, 0.05) is 32.1 Å². The first kappa shape index (κ1) is 14.7. The van der Waals surface area contributed by atoms with Crippen molar-refractivity contribution in [2.45, 2.75) is 6.42 Å². The van der Waals surface area contributed by atoms with Crippen LogP contribution in [0.4, 0.5) is 0 Å². The van der Waals surface area contributed by atoms with Crippen molar-refractivity contribution in [1.82, 2.24) is 29.6 Å². The zero-order valence-electron chi connectivity index (χ0n) is 12.6. The second-order valence-corrected chi connectivity index (χ2v) is 4.93. The molecular weight excluding hydrogens is 292 g/mol. The van der Waals surface area contributed by atoms with Crippen LogP contribution in [0.25, 0.3) is 5.65 Å². The van der Waals surface area contributed by atoms with Crippen molar-refractivity contribution >= 4 is 5.65 Å². The molecule has 116 valence electrons. The summed E-state index contributed by atoms with van der Waals surface area (Å²) >= 11 is 0. The van der Waals surface area contributed by atoms with E-state index < -0.39 is 0 Å². The number of nitrogens with zero attached hydrogens (tertiary/aromatic N) is 6. The predicted octanol–water partition coefficient (Wildman–Crippen LogP) is 1.84. The Bertz CT molecular complexity index is 867. The smallest absolute Gasteiger partial charge is 0.177 e. The lowest BCUT2D eigenvalue weighted by atomic mass is 10.1. The molecule has 0 spiro atoms. The van der Waals surface area contributed by atoms with E-state index in [0.29, 0.717) is 6.42 Å². The van der Waals surface area contributed by atoms with Gasteiger partial charge < -0.3 is 5.11 Å². The molecule has 1 aromatic carbocycles. The fraction of sp³-hybridized carbons (Fsp3) is 0.125. The maximum Gasteiger partial charge on any atom is 0.177 e.